The Morgan fingerprint density at radius 3 is 2.71 bits per heavy atom. The fraction of sp³-hybridized carbons (Fsp3) is 0.429. The van der Waals surface area contributed by atoms with Crippen molar-refractivity contribution in [3.63, 3.8) is 0 Å². The molecule has 114 valence electrons. The molecule has 1 aliphatic heterocycles. The summed E-state index contributed by atoms with van der Waals surface area (Å²) in [5.74, 6) is -1.14. The van der Waals surface area contributed by atoms with Crippen LogP contribution < -0.4 is 5.32 Å². The van der Waals surface area contributed by atoms with Crippen LogP contribution in [0.4, 0.5) is 5.69 Å². The normalized spacial score (nSPS) is 19.2. The van der Waals surface area contributed by atoms with Gasteiger partial charge in [-0.2, -0.15) is 0 Å². The van der Waals surface area contributed by atoms with Crippen molar-refractivity contribution < 1.29 is 14.7 Å². The first-order valence-corrected chi connectivity index (χ1v) is 7.44. The number of nitrogens with one attached hydrogen (secondary N) is 1. The second kappa shape index (κ2) is 7.11. The zero-order valence-corrected chi connectivity index (χ0v) is 12.8. The van der Waals surface area contributed by atoms with E-state index in [0.717, 1.165) is 12.8 Å². The van der Waals surface area contributed by atoms with Crippen LogP contribution in [0, 0.1) is 0 Å². The Labute approximate surface area is 132 Å². The third kappa shape index (κ3) is 4.33. The van der Waals surface area contributed by atoms with Crippen LogP contribution in [0.3, 0.4) is 0 Å². The predicted octanol–water partition coefficient (Wildman–Crippen LogP) is 2.87. The molecule has 0 saturated carbocycles. The van der Waals surface area contributed by atoms with Gasteiger partial charge in [-0.15, -0.1) is 0 Å². The lowest BCUT2D eigenvalue weighted by molar-refractivity contribution is -0.140. The van der Waals surface area contributed by atoms with E-state index in [1.807, 2.05) is 0 Å². The van der Waals surface area contributed by atoms with E-state index in [1.165, 1.54) is 0 Å². The number of anilines is 1. The van der Waals surface area contributed by atoms with Gasteiger partial charge < -0.3 is 10.4 Å². The van der Waals surface area contributed by atoms with Crippen LogP contribution in [0.25, 0.3) is 0 Å². The van der Waals surface area contributed by atoms with E-state index in [-0.39, 0.29) is 12.5 Å². The third-order valence-electron chi connectivity index (χ3n) is 3.44. The highest BCUT2D eigenvalue weighted by molar-refractivity contribution is 6.42. The number of nitrogens with zero attached hydrogens (tertiary/aromatic N) is 1. The Hall–Kier alpha value is -1.30. The van der Waals surface area contributed by atoms with Gasteiger partial charge in [0, 0.05) is 5.69 Å². The summed E-state index contributed by atoms with van der Waals surface area (Å²) in [6.07, 6.45) is 2.47. The number of halogens is 2. The van der Waals surface area contributed by atoms with Crippen LogP contribution in [-0.4, -0.2) is 41.0 Å². The lowest BCUT2D eigenvalue weighted by Crippen LogP contribution is -2.49. The molecule has 1 saturated heterocycles. The summed E-state index contributed by atoms with van der Waals surface area (Å²) < 4.78 is 0. The molecule has 0 radical (unpaired) electrons. The van der Waals surface area contributed by atoms with E-state index in [1.54, 1.807) is 23.1 Å². The first kappa shape index (κ1) is 16.1. The number of carbonyl (C=O) groups is 2. The van der Waals surface area contributed by atoms with E-state index < -0.39 is 12.0 Å². The fourth-order valence-electron chi connectivity index (χ4n) is 2.45. The largest absolute Gasteiger partial charge is 0.480 e. The van der Waals surface area contributed by atoms with Crippen LogP contribution in [0.1, 0.15) is 19.3 Å². The van der Waals surface area contributed by atoms with Gasteiger partial charge in [-0.05, 0) is 37.6 Å². The lowest BCUT2D eigenvalue weighted by Gasteiger charge is -2.33. The van der Waals surface area contributed by atoms with E-state index in [2.05, 4.69) is 5.32 Å². The highest BCUT2D eigenvalue weighted by Crippen LogP contribution is 2.26. The molecule has 21 heavy (non-hydrogen) atoms. The van der Waals surface area contributed by atoms with Gasteiger partial charge in [0.2, 0.25) is 5.91 Å². The molecule has 0 bridgehead atoms. The van der Waals surface area contributed by atoms with Gasteiger partial charge >= 0.3 is 5.97 Å². The topological polar surface area (TPSA) is 69.6 Å². The van der Waals surface area contributed by atoms with Crippen LogP contribution in [0.15, 0.2) is 18.2 Å². The Kier molecular flexibility index (Phi) is 5.45. The molecule has 1 atom stereocenters. The summed E-state index contributed by atoms with van der Waals surface area (Å²) in [6.45, 7) is 0.491. The van der Waals surface area contributed by atoms with E-state index in [4.69, 9.17) is 28.3 Å². The Morgan fingerprint density at radius 2 is 2.05 bits per heavy atom. The van der Waals surface area contributed by atoms with Crippen molar-refractivity contribution >= 4 is 40.8 Å². The van der Waals surface area contributed by atoms with Gasteiger partial charge in [-0.25, -0.2) is 0 Å². The van der Waals surface area contributed by atoms with Gasteiger partial charge in [0.15, 0.2) is 0 Å². The fourth-order valence-corrected chi connectivity index (χ4v) is 2.75. The predicted molar refractivity (Wildman–Crippen MR) is 81.9 cm³/mol. The molecule has 0 aromatic heterocycles. The van der Waals surface area contributed by atoms with Gasteiger partial charge in [0.1, 0.15) is 0 Å². The summed E-state index contributed by atoms with van der Waals surface area (Å²) in [4.78, 5) is 24.9. The zero-order chi connectivity index (χ0) is 15.4. The second-order valence-corrected chi connectivity index (χ2v) is 5.81. The SMILES string of the molecule is O=C(O)CN1CCCCC1C(=O)Nc1ccc(Cl)c(Cl)c1. The van der Waals surface area contributed by atoms with E-state index in [0.29, 0.717) is 28.7 Å². The summed E-state index contributed by atoms with van der Waals surface area (Å²) in [5.41, 5.74) is 0.551. The van der Waals surface area contributed by atoms with Crippen LogP contribution in [0.5, 0.6) is 0 Å². The molecule has 1 fully saturated rings. The molecule has 0 aliphatic carbocycles. The maximum atomic E-state index is 12.3. The van der Waals surface area contributed by atoms with Crippen LogP contribution in [0.2, 0.25) is 10.0 Å². The molecule has 1 heterocycles. The van der Waals surface area contributed by atoms with Gasteiger partial charge in [0.25, 0.3) is 0 Å². The average Bonchev–Trinajstić information content (AvgIpc) is 2.43. The van der Waals surface area contributed by atoms with Crippen molar-refractivity contribution in [2.24, 2.45) is 0 Å². The number of benzene rings is 1. The second-order valence-electron chi connectivity index (χ2n) is 4.99. The molecule has 1 unspecified atom stereocenters. The number of piperidine rings is 1. The molecule has 5 nitrogen and oxygen atoms in total. The zero-order valence-electron chi connectivity index (χ0n) is 11.3. The number of amides is 1. The number of likely N-dealkylation sites (tertiary alicyclic amines) is 1. The third-order valence-corrected chi connectivity index (χ3v) is 4.18. The molecule has 2 rings (SSSR count). The lowest BCUT2D eigenvalue weighted by atomic mass is 10.0. The van der Waals surface area contributed by atoms with Crippen molar-refractivity contribution in [3.05, 3.63) is 28.2 Å². The van der Waals surface area contributed by atoms with Gasteiger partial charge in [-0.3, -0.25) is 14.5 Å². The molecular formula is C14H16Cl2N2O3. The average molecular weight is 331 g/mol. The highest BCUT2D eigenvalue weighted by Gasteiger charge is 2.29. The monoisotopic (exact) mass is 330 g/mol. The van der Waals surface area contributed by atoms with Crippen molar-refractivity contribution in [2.45, 2.75) is 25.3 Å². The van der Waals surface area contributed by atoms with Gasteiger partial charge in [-0.1, -0.05) is 29.6 Å². The number of hydrogen-bond acceptors (Lipinski definition) is 3. The summed E-state index contributed by atoms with van der Waals surface area (Å²) >= 11 is 11.7. The molecule has 0 spiro atoms. The summed E-state index contributed by atoms with van der Waals surface area (Å²) in [7, 11) is 0. The van der Waals surface area contributed by atoms with E-state index in [9.17, 15) is 9.59 Å². The number of carboxylic acid groups (broad SMARTS) is 1. The van der Waals surface area contributed by atoms with Crippen molar-refractivity contribution in [2.75, 3.05) is 18.4 Å². The Balaban J connectivity index is 2.06. The highest BCUT2D eigenvalue weighted by atomic mass is 35.5. The molecule has 1 aliphatic rings. The maximum Gasteiger partial charge on any atom is 0.317 e. The summed E-state index contributed by atoms with van der Waals surface area (Å²) in [6, 6.07) is 4.42. The Morgan fingerprint density at radius 1 is 1.29 bits per heavy atom. The molecule has 1 aromatic rings. The molecular weight excluding hydrogens is 315 g/mol. The molecule has 1 aromatic carbocycles. The standard InChI is InChI=1S/C14H16Cl2N2O3/c15-10-5-4-9(7-11(10)16)17-14(21)12-3-1-2-6-18(12)8-13(19)20/h4-5,7,12H,1-3,6,8H2,(H,17,21)(H,19,20). The number of carbonyl (C=O) groups excluding carboxylic acids is 1. The van der Waals surface area contributed by atoms with Crippen LogP contribution in [-0.2, 0) is 9.59 Å². The number of carboxylic acids is 1. The van der Waals surface area contributed by atoms with Crippen molar-refractivity contribution in [1.82, 2.24) is 4.90 Å². The van der Waals surface area contributed by atoms with Crippen molar-refractivity contribution in [3.8, 4) is 0 Å². The minimum atomic E-state index is -0.927. The molecule has 7 heteroatoms. The molecule has 1 amide bonds. The van der Waals surface area contributed by atoms with Crippen molar-refractivity contribution in [1.29, 1.82) is 0 Å². The minimum absolute atomic E-state index is 0.126. The minimum Gasteiger partial charge on any atom is -0.480 e. The van der Waals surface area contributed by atoms with E-state index >= 15 is 0 Å². The molecule has 2 N–H and O–H groups in total. The quantitative estimate of drug-likeness (QED) is 0.890. The van der Waals surface area contributed by atoms with Gasteiger partial charge in [0.05, 0.1) is 22.6 Å². The number of hydrogen-bond donors (Lipinski definition) is 2. The first-order chi connectivity index (χ1) is 9.97. The Bertz CT molecular complexity index is 551. The number of rotatable bonds is 4. The smallest absolute Gasteiger partial charge is 0.317 e. The summed E-state index contributed by atoms with van der Waals surface area (Å²) in [5, 5.41) is 12.5. The first-order valence-electron chi connectivity index (χ1n) is 6.69. The number of aliphatic carboxylic acids is 1. The van der Waals surface area contributed by atoms with Crippen LogP contribution >= 0.6 is 23.2 Å². The maximum absolute atomic E-state index is 12.3.